The van der Waals surface area contributed by atoms with Crippen LogP contribution >= 0.6 is 23.1 Å². The van der Waals surface area contributed by atoms with Gasteiger partial charge < -0.3 is 9.47 Å². The Balaban J connectivity index is 1.83. The minimum atomic E-state index is -3.61. The molecule has 1 heterocycles. The van der Waals surface area contributed by atoms with Crippen LogP contribution in [0.3, 0.4) is 0 Å². The Labute approximate surface area is 212 Å². The molecule has 12 heteroatoms. The number of nitrogens with zero attached hydrogens (tertiary/aromatic N) is 3. The molecule has 0 saturated carbocycles. The van der Waals surface area contributed by atoms with E-state index in [1.54, 1.807) is 19.1 Å². The maximum absolute atomic E-state index is 12.6. The molecule has 35 heavy (non-hydrogen) atoms. The van der Waals surface area contributed by atoms with Gasteiger partial charge in [-0.2, -0.15) is 14.6 Å². The Bertz CT molecular complexity index is 1380. The Hall–Kier alpha value is -3.46. The summed E-state index contributed by atoms with van der Waals surface area (Å²) in [5.74, 6) is -0.244. The van der Waals surface area contributed by atoms with Crippen molar-refractivity contribution in [3.63, 3.8) is 0 Å². The molecule has 0 aliphatic rings. The predicted molar refractivity (Wildman–Crippen MR) is 133 cm³/mol. The number of sulfone groups is 1. The van der Waals surface area contributed by atoms with Crippen molar-refractivity contribution in [1.29, 1.82) is 5.26 Å². The van der Waals surface area contributed by atoms with Crippen LogP contribution in [0.5, 0.6) is 11.5 Å². The van der Waals surface area contributed by atoms with E-state index < -0.39 is 15.7 Å². The van der Waals surface area contributed by atoms with Crippen molar-refractivity contribution in [1.82, 2.24) is 9.36 Å². The zero-order chi connectivity index (χ0) is 25.4. The number of hydrogen-bond donors (Lipinski definition) is 1. The van der Waals surface area contributed by atoms with Crippen LogP contribution in [-0.4, -0.2) is 36.0 Å². The number of nitrogens with one attached hydrogen (secondary N) is 1. The number of hydrogen-bond acceptors (Lipinski definition) is 9. The van der Waals surface area contributed by atoms with E-state index in [0.29, 0.717) is 35.2 Å². The monoisotopic (exact) mass is 532 g/mol. The van der Waals surface area contributed by atoms with Crippen molar-refractivity contribution in [3.8, 4) is 17.6 Å². The van der Waals surface area contributed by atoms with Crippen LogP contribution < -0.4 is 14.8 Å². The van der Waals surface area contributed by atoms with Crippen LogP contribution in [0.15, 0.2) is 53.2 Å². The topological polar surface area (TPSA) is 131 Å². The van der Waals surface area contributed by atoms with E-state index in [1.807, 2.05) is 36.4 Å². The molecule has 9 nitrogen and oxygen atoms in total. The van der Waals surface area contributed by atoms with Crippen LogP contribution in [0.4, 0.5) is 5.13 Å². The van der Waals surface area contributed by atoms with Gasteiger partial charge in [-0.25, -0.2) is 8.42 Å². The average molecular weight is 533 g/mol. The quantitative estimate of drug-likeness (QED) is 0.298. The van der Waals surface area contributed by atoms with Gasteiger partial charge in [-0.1, -0.05) is 48.9 Å². The first-order valence-corrected chi connectivity index (χ1v) is 13.2. The van der Waals surface area contributed by atoms with E-state index in [2.05, 4.69) is 14.7 Å². The van der Waals surface area contributed by atoms with Crippen LogP contribution in [0.2, 0.25) is 5.02 Å². The van der Waals surface area contributed by atoms with Gasteiger partial charge in [0.25, 0.3) is 11.1 Å². The van der Waals surface area contributed by atoms with Crippen molar-refractivity contribution >= 4 is 50.1 Å². The smallest absolute Gasteiger partial charge is 0.268 e. The molecule has 0 atom stereocenters. The summed E-state index contributed by atoms with van der Waals surface area (Å²) < 4.78 is 39.0. The summed E-state index contributed by atoms with van der Waals surface area (Å²) in [6.07, 6.45) is 1.33. The lowest BCUT2D eigenvalue weighted by Gasteiger charge is -2.14. The molecule has 0 bridgehead atoms. The molecule has 2 aromatic carbocycles. The summed E-state index contributed by atoms with van der Waals surface area (Å²) in [6.45, 7) is 3.89. The predicted octanol–water partition coefficient (Wildman–Crippen LogP) is 4.51. The lowest BCUT2D eigenvalue weighted by molar-refractivity contribution is -0.112. The third kappa shape index (κ3) is 6.79. The second-order valence-electron chi connectivity index (χ2n) is 6.95. The number of benzene rings is 2. The fourth-order valence-corrected chi connectivity index (χ4v) is 4.66. The first kappa shape index (κ1) is 26.2. The van der Waals surface area contributed by atoms with Crippen molar-refractivity contribution in [2.45, 2.75) is 25.6 Å². The molecule has 3 aromatic rings. The summed E-state index contributed by atoms with van der Waals surface area (Å²) in [5.41, 5.74) is 1.13. The molecule has 182 valence electrons. The van der Waals surface area contributed by atoms with Gasteiger partial charge in [0.2, 0.25) is 15.0 Å². The third-order valence-corrected chi connectivity index (χ3v) is 7.05. The van der Waals surface area contributed by atoms with E-state index in [-0.39, 0.29) is 33.2 Å². The molecule has 0 aliphatic heterocycles. The normalized spacial score (nSPS) is 11.5. The van der Waals surface area contributed by atoms with E-state index in [9.17, 15) is 18.5 Å². The molecule has 1 amide bonds. The second-order valence-corrected chi connectivity index (χ2v) is 10.3. The molecule has 0 radical (unpaired) electrons. The fraction of sp³-hybridized carbons (Fsp3) is 0.217. The molecular formula is C23H21ClN4O5S2. The lowest BCUT2D eigenvalue weighted by Crippen LogP contribution is -2.13. The number of carbonyl (C=O) groups is 1. The molecule has 1 N–H and O–H groups in total. The highest BCUT2D eigenvalue weighted by Gasteiger charge is 2.20. The number of carbonyl (C=O) groups excluding carboxylic acids is 1. The number of ether oxygens (including phenoxy) is 2. The molecule has 0 fully saturated rings. The SMILES string of the molecule is CCOc1cc(C=C(C#N)C(=O)Nc2nc(S(=O)(=O)CC)ns2)cc(Cl)c1OCc1ccccc1. The van der Waals surface area contributed by atoms with Crippen molar-refractivity contribution in [2.75, 3.05) is 17.7 Å². The molecular weight excluding hydrogens is 512 g/mol. The second kappa shape index (κ2) is 11.8. The summed E-state index contributed by atoms with van der Waals surface area (Å²) in [4.78, 5) is 16.4. The lowest BCUT2D eigenvalue weighted by atomic mass is 10.1. The number of anilines is 1. The third-order valence-electron chi connectivity index (χ3n) is 4.52. The summed E-state index contributed by atoms with van der Waals surface area (Å²) >= 11 is 7.15. The number of nitriles is 1. The van der Waals surface area contributed by atoms with Gasteiger partial charge in [0.05, 0.1) is 17.4 Å². The fourth-order valence-electron chi connectivity index (χ4n) is 2.80. The van der Waals surface area contributed by atoms with Crippen molar-refractivity contribution in [2.24, 2.45) is 0 Å². The van der Waals surface area contributed by atoms with Gasteiger partial charge in [0.15, 0.2) is 11.5 Å². The van der Waals surface area contributed by atoms with Gasteiger partial charge in [0.1, 0.15) is 18.2 Å². The molecule has 0 saturated heterocycles. The van der Waals surface area contributed by atoms with Gasteiger partial charge in [-0.05, 0) is 36.3 Å². The zero-order valence-corrected chi connectivity index (χ0v) is 21.2. The summed E-state index contributed by atoms with van der Waals surface area (Å²) in [5, 5.41) is 11.7. The molecule has 0 spiro atoms. The number of aromatic nitrogens is 2. The van der Waals surface area contributed by atoms with E-state index in [4.69, 9.17) is 21.1 Å². The van der Waals surface area contributed by atoms with Gasteiger partial charge >= 0.3 is 0 Å². The average Bonchev–Trinajstić information content (AvgIpc) is 3.32. The highest BCUT2D eigenvalue weighted by Crippen LogP contribution is 2.38. The number of rotatable bonds is 10. The minimum absolute atomic E-state index is 0.0409. The maximum Gasteiger partial charge on any atom is 0.268 e. The van der Waals surface area contributed by atoms with Crippen LogP contribution in [-0.2, 0) is 21.2 Å². The van der Waals surface area contributed by atoms with E-state index in [0.717, 1.165) is 5.56 Å². The van der Waals surface area contributed by atoms with Gasteiger partial charge in [0, 0.05) is 11.5 Å². The van der Waals surface area contributed by atoms with E-state index in [1.165, 1.54) is 13.0 Å². The number of halogens is 1. The molecule has 0 aliphatic carbocycles. The van der Waals surface area contributed by atoms with Crippen molar-refractivity contribution < 1.29 is 22.7 Å². The van der Waals surface area contributed by atoms with E-state index >= 15 is 0 Å². The van der Waals surface area contributed by atoms with Crippen LogP contribution in [0.1, 0.15) is 25.0 Å². The molecule has 0 unspecified atom stereocenters. The zero-order valence-electron chi connectivity index (χ0n) is 18.8. The Morgan fingerprint density at radius 3 is 2.63 bits per heavy atom. The summed E-state index contributed by atoms with van der Waals surface area (Å²) in [6, 6.07) is 14.5. The molecule has 3 rings (SSSR count). The van der Waals surface area contributed by atoms with Crippen molar-refractivity contribution in [3.05, 3.63) is 64.2 Å². The van der Waals surface area contributed by atoms with Gasteiger partial charge in [-0.15, -0.1) is 0 Å². The highest BCUT2D eigenvalue weighted by atomic mass is 35.5. The molecule has 1 aromatic heterocycles. The van der Waals surface area contributed by atoms with Gasteiger partial charge in [-0.3, -0.25) is 10.1 Å². The summed E-state index contributed by atoms with van der Waals surface area (Å²) in [7, 11) is -3.61. The Kier molecular flexibility index (Phi) is 8.81. The largest absolute Gasteiger partial charge is 0.490 e. The maximum atomic E-state index is 12.6. The van der Waals surface area contributed by atoms with Crippen LogP contribution in [0.25, 0.3) is 6.08 Å². The highest BCUT2D eigenvalue weighted by molar-refractivity contribution is 7.91. The minimum Gasteiger partial charge on any atom is -0.490 e. The Morgan fingerprint density at radius 1 is 1.23 bits per heavy atom. The number of amides is 1. The first-order chi connectivity index (χ1) is 16.8. The Morgan fingerprint density at radius 2 is 1.97 bits per heavy atom. The first-order valence-electron chi connectivity index (χ1n) is 10.4. The van der Waals surface area contributed by atoms with Crippen LogP contribution in [0, 0.1) is 11.3 Å². The standard InChI is InChI=1S/C23H21ClN4O5S2/c1-3-32-19-12-16(11-18(24)20(19)33-14-15-8-6-5-7-9-15)10-17(13-25)21(29)26-22-27-23(28-34-22)35(30,31)4-2/h5-12H,3-4,14H2,1-2H3,(H,26,27,28,29).